The minimum absolute atomic E-state index is 0.385. The Kier molecular flexibility index (Phi) is 5.90. The van der Waals surface area contributed by atoms with Gasteiger partial charge in [0.2, 0.25) is 0 Å². The second-order valence-electron chi connectivity index (χ2n) is 6.74. The highest BCUT2D eigenvalue weighted by atomic mass is 16.5. The van der Waals surface area contributed by atoms with E-state index >= 15 is 0 Å². The van der Waals surface area contributed by atoms with Crippen LogP contribution in [0.1, 0.15) is 33.6 Å². The molecule has 102 valence electrons. The molecule has 0 amide bonds. The van der Waals surface area contributed by atoms with Crippen molar-refractivity contribution in [2.24, 2.45) is 23.0 Å². The second kappa shape index (κ2) is 6.72. The summed E-state index contributed by atoms with van der Waals surface area (Å²) in [6, 6.07) is 0. The van der Waals surface area contributed by atoms with Crippen molar-refractivity contribution in [3.05, 3.63) is 0 Å². The molecule has 1 rings (SSSR count). The SMILES string of the molecule is COCC1CCN(CC(CN)CC(C)(C)C)C1. The van der Waals surface area contributed by atoms with E-state index in [9.17, 15) is 0 Å². The zero-order valence-electron chi connectivity index (χ0n) is 12.0. The summed E-state index contributed by atoms with van der Waals surface area (Å²) in [5, 5.41) is 0. The minimum atomic E-state index is 0.385. The molecule has 2 N–H and O–H groups in total. The van der Waals surface area contributed by atoms with E-state index in [0.717, 1.165) is 25.6 Å². The zero-order chi connectivity index (χ0) is 12.9. The first kappa shape index (κ1) is 14.9. The first-order chi connectivity index (χ1) is 7.94. The molecule has 0 aromatic rings. The number of nitrogens with zero attached hydrogens (tertiary/aromatic N) is 1. The van der Waals surface area contributed by atoms with Gasteiger partial charge in [-0.25, -0.2) is 0 Å². The molecule has 2 unspecified atom stereocenters. The smallest absolute Gasteiger partial charge is 0.0503 e. The molecule has 1 aliphatic rings. The van der Waals surface area contributed by atoms with Crippen LogP contribution in [-0.4, -0.2) is 44.8 Å². The number of hydrogen-bond acceptors (Lipinski definition) is 3. The fourth-order valence-electron chi connectivity index (χ4n) is 2.90. The highest BCUT2D eigenvalue weighted by Gasteiger charge is 2.26. The molecule has 1 heterocycles. The van der Waals surface area contributed by atoms with Gasteiger partial charge in [0.1, 0.15) is 0 Å². The molecular formula is C14H30N2O. The van der Waals surface area contributed by atoms with E-state index in [1.165, 1.54) is 25.9 Å². The Labute approximate surface area is 107 Å². The molecule has 0 aromatic heterocycles. The van der Waals surface area contributed by atoms with Crippen LogP contribution in [0.5, 0.6) is 0 Å². The van der Waals surface area contributed by atoms with Crippen molar-refractivity contribution in [1.82, 2.24) is 4.90 Å². The molecule has 0 spiro atoms. The maximum Gasteiger partial charge on any atom is 0.0503 e. The summed E-state index contributed by atoms with van der Waals surface area (Å²) in [6.07, 6.45) is 2.50. The molecule has 17 heavy (non-hydrogen) atoms. The Morgan fingerprint density at radius 1 is 1.41 bits per heavy atom. The summed E-state index contributed by atoms with van der Waals surface area (Å²) in [6.45, 7) is 12.2. The molecule has 3 nitrogen and oxygen atoms in total. The number of rotatable bonds is 6. The van der Waals surface area contributed by atoms with E-state index in [4.69, 9.17) is 10.5 Å². The minimum Gasteiger partial charge on any atom is -0.384 e. The highest BCUT2D eigenvalue weighted by Crippen LogP contribution is 2.26. The van der Waals surface area contributed by atoms with Gasteiger partial charge in [0.25, 0.3) is 0 Å². The van der Waals surface area contributed by atoms with Gasteiger partial charge in [-0.2, -0.15) is 0 Å². The molecule has 2 atom stereocenters. The lowest BCUT2D eigenvalue weighted by molar-refractivity contribution is 0.149. The van der Waals surface area contributed by atoms with Crippen LogP contribution in [-0.2, 0) is 4.74 Å². The van der Waals surface area contributed by atoms with Gasteiger partial charge in [-0.3, -0.25) is 0 Å². The van der Waals surface area contributed by atoms with Crippen LogP contribution in [0.15, 0.2) is 0 Å². The lowest BCUT2D eigenvalue weighted by atomic mass is 9.84. The average molecular weight is 242 g/mol. The fourth-order valence-corrected chi connectivity index (χ4v) is 2.90. The molecule has 1 aliphatic heterocycles. The second-order valence-corrected chi connectivity index (χ2v) is 6.74. The van der Waals surface area contributed by atoms with Crippen molar-refractivity contribution in [1.29, 1.82) is 0 Å². The third-order valence-corrected chi connectivity index (χ3v) is 3.52. The maximum absolute atomic E-state index is 5.90. The number of likely N-dealkylation sites (tertiary alicyclic amines) is 1. The van der Waals surface area contributed by atoms with Gasteiger partial charge < -0.3 is 15.4 Å². The Bertz CT molecular complexity index is 213. The van der Waals surface area contributed by atoms with E-state index in [1.54, 1.807) is 7.11 Å². The molecule has 0 bridgehead atoms. The Hall–Kier alpha value is -0.120. The average Bonchev–Trinajstić information content (AvgIpc) is 2.63. The summed E-state index contributed by atoms with van der Waals surface area (Å²) in [4.78, 5) is 2.56. The van der Waals surface area contributed by atoms with Crippen molar-refractivity contribution in [2.45, 2.75) is 33.6 Å². The zero-order valence-corrected chi connectivity index (χ0v) is 12.0. The van der Waals surface area contributed by atoms with Crippen LogP contribution < -0.4 is 5.73 Å². The summed E-state index contributed by atoms with van der Waals surface area (Å²) in [5.74, 6) is 1.37. The summed E-state index contributed by atoms with van der Waals surface area (Å²) in [5.41, 5.74) is 6.28. The summed E-state index contributed by atoms with van der Waals surface area (Å²) >= 11 is 0. The van der Waals surface area contributed by atoms with Crippen molar-refractivity contribution in [3.8, 4) is 0 Å². The van der Waals surface area contributed by atoms with Crippen molar-refractivity contribution in [2.75, 3.05) is 39.9 Å². The van der Waals surface area contributed by atoms with Crippen molar-refractivity contribution in [3.63, 3.8) is 0 Å². The fraction of sp³-hybridized carbons (Fsp3) is 1.00. The van der Waals surface area contributed by atoms with E-state index < -0.39 is 0 Å². The largest absolute Gasteiger partial charge is 0.384 e. The van der Waals surface area contributed by atoms with Gasteiger partial charge in [0.05, 0.1) is 6.61 Å². The van der Waals surface area contributed by atoms with Gasteiger partial charge in [0, 0.05) is 20.2 Å². The van der Waals surface area contributed by atoms with Crippen LogP contribution in [0.3, 0.4) is 0 Å². The van der Waals surface area contributed by atoms with Crippen LogP contribution in [0.25, 0.3) is 0 Å². The van der Waals surface area contributed by atoms with E-state index in [1.807, 2.05) is 0 Å². The number of ether oxygens (including phenoxy) is 1. The normalized spacial score (nSPS) is 24.2. The summed E-state index contributed by atoms with van der Waals surface area (Å²) in [7, 11) is 1.80. The standard InChI is InChI=1S/C14H30N2O/c1-14(2,3)7-13(8-15)10-16-6-5-12(9-16)11-17-4/h12-13H,5-11,15H2,1-4H3. The maximum atomic E-state index is 5.90. The third-order valence-electron chi connectivity index (χ3n) is 3.52. The van der Waals surface area contributed by atoms with Crippen molar-refractivity contribution >= 4 is 0 Å². The monoisotopic (exact) mass is 242 g/mol. The molecule has 3 heteroatoms. The lowest BCUT2D eigenvalue weighted by Crippen LogP contribution is -2.34. The van der Waals surface area contributed by atoms with E-state index in [2.05, 4.69) is 25.7 Å². The Morgan fingerprint density at radius 2 is 2.12 bits per heavy atom. The molecule has 0 aromatic carbocycles. The molecule has 0 aliphatic carbocycles. The first-order valence-corrected chi connectivity index (χ1v) is 6.86. The number of methoxy groups -OCH3 is 1. The predicted octanol–water partition coefficient (Wildman–Crippen LogP) is 1.97. The lowest BCUT2D eigenvalue weighted by Gasteiger charge is -2.28. The van der Waals surface area contributed by atoms with Crippen LogP contribution in [0, 0.1) is 17.3 Å². The van der Waals surface area contributed by atoms with Gasteiger partial charge in [0.15, 0.2) is 0 Å². The Balaban J connectivity index is 2.32. The third kappa shape index (κ3) is 5.84. The van der Waals surface area contributed by atoms with Crippen LogP contribution in [0.2, 0.25) is 0 Å². The number of nitrogens with two attached hydrogens (primary N) is 1. The quantitative estimate of drug-likeness (QED) is 0.774. The van der Waals surface area contributed by atoms with Gasteiger partial charge in [-0.15, -0.1) is 0 Å². The van der Waals surface area contributed by atoms with Crippen LogP contribution >= 0.6 is 0 Å². The molecule has 1 saturated heterocycles. The first-order valence-electron chi connectivity index (χ1n) is 6.86. The molecule has 0 radical (unpaired) electrons. The molecule has 0 saturated carbocycles. The Morgan fingerprint density at radius 3 is 2.65 bits per heavy atom. The molecular weight excluding hydrogens is 212 g/mol. The predicted molar refractivity (Wildman–Crippen MR) is 73.0 cm³/mol. The number of hydrogen-bond donors (Lipinski definition) is 1. The van der Waals surface area contributed by atoms with E-state index in [0.29, 0.717) is 11.3 Å². The topological polar surface area (TPSA) is 38.5 Å². The van der Waals surface area contributed by atoms with E-state index in [-0.39, 0.29) is 0 Å². The van der Waals surface area contributed by atoms with Crippen LogP contribution in [0.4, 0.5) is 0 Å². The van der Waals surface area contributed by atoms with Gasteiger partial charge in [-0.1, -0.05) is 20.8 Å². The van der Waals surface area contributed by atoms with Gasteiger partial charge in [-0.05, 0) is 43.2 Å². The molecule has 1 fully saturated rings. The van der Waals surface area contributed by atoms with Gasteiger partial charge >= 0.3 is 0 Å². The summed E-state index contributed by atoms with van der Waals surface area (Å²) < 4.78 is 5.23. The highest BCUT2D eigenvalue weighted by molar-refractivity contribution is 4.79. The van der Waals surface area contributed by atoms with Crippen molar-refractivity contribution < 1.29 is 4.74 Å².